The molecule has 0 aliphatic carbocycles. The molecule has 1 fully saturated rings. The number of carbonyl (C=O) groups is 1. The molecule has 2 aromatic heterocycles. The fourth-order valence-electron chi connectivity index (χ4n) is 3.72. The van der Waals surface area contributed by atoms with Gasteiger partial charge in [0.05, 0.1) is 30.3 Å². The van der Waals surface area contributed by atoms with Crippen LogP contribution in [0.5, 0.6) is 11.5 Å². The average molecular weight is 497 g/mol. The molecule has 1 aliphatic heterocycles. The van der Waals surface area contributed by atoms with Crippen LogP contribution in [0.25, 0.3) is 10.9 Å². The van der Waals surface area contributed by atoms with E-state index in [1.54, 1.807) is 48.2 Å². The molecule has 1 atom stereocenters. The van der Waals surface area contributed by atoms with E-state index in [1.807, 2.05) is 6.07 Å². The number of thioether (sulfide) groups is 1. The number of fused-ring (bicyclic) bond motifs is 1. The number of hydrogen-bond acceptors (Lipinski definition) is 10. The van der Waals surface area contributed by atoms with Gasteiger partial charge in [0.15, 0.2) is 11.5 Å². The third kappa shape index (κ3) is 3.94. The standard InChI is InChI=1S/C22H20N6O4S2/c1-12-24-15-6-4-3-5-14(15)20(31)28(12)23-10-18-25-26-22(34-18)27-19(30)11-33-21(27)13-7-8-16(29)17(9-13)32-2/h3-9,21,23,29H,10-11H2,1-2H3. The van der Waals surface area contributed by atoms with Gasteiger partial charge in [-0.15, -0.1) is 22.0 Å². The number of ether oxygens (including phenoxy) is 1. The van der Waals surface area contributed by atoms with E-state index in [9.17, 15) is 14.7 Å². The maximum absolute atomic E-state index is 12.8. The molecule has 34 heavy (non-hydrogen) atoms. The van der Waals surface area contributed by atoms with E-state index in [2.05, 4.69) is 20.6 Å². The lowest BCUT2D eigenvalue weighted by Gasteiger charge is -2.21. The summed E-state index contributed by atoms with van der Waals surface area (Å²) in [6.07, 6.45) is 0. The molecular formula is C22H20N6O4S2. The van der Waals surface area contributed by atoms with Crippen LogP contribution in [0, 0.1) is 6.92 Å². The van der Waals surface area contributed by atoms with Crippen molar-refractivity contribution in [3.05, 3.63) is 69.2 Å². The van der Waals surface area contributed by atoms with E-state index >= 15 is 0 Å². The highest BCUT2D eigenvalue weighted by Crippen LogP contribution is 2.44. The molecule has 3 heterocycles. The van der Waals surface area contributed by atoms with Crippen LogP contribution in [0.3, 0.4) is 0 Å². The van der Waals surface area contributed by atoms with Crippen molar-refractivity contribution in [3.63, 3.8) is 0 Å². The Bertz CT molecular complexity index is 1450. The van der Waals surface area contributed by atoms with Gasteiger partial charge in [-0.3, -0.25) is 14.5 Å². The Labute approximate surface area is 202 Å². The third-order valence-electron chi connectivity index (χ3n) is 5.35. The molecule has 2 aromatic carbocycles. The normalized spacial score (nSPS) is 15.8. The molecule has 1 saturated heterocycles. The quantitative estimate of drug-likeness (QED) is 0.415. The summed E-state index contributed by atoms with van der Waals surface area (Å²) in [5, 5.41) is 19.6. The van der Waals surface area contributed by atoms with E-state index in [1.165, 1.54) is 34.9 Å². The Morgan fingerprint density at radius 3 is 2.85 bits per heavy atom. The summed E-state index contributed by atoms with van der Waals surface area (Å²) in [6.45, 7) is 1.99. The molecule has 0 radical (unpaired) electrons. The smallest absolute Gasteiger partial charge is 0.279 e. The molecule has 1 aliphatic rings. The van der Waals surface area contributed by atoms with Crippen molar-refractivity contribution in [2.75, 3.05) is 23.2 Å². The zero-order valence-corrected chi connectivity index (χ0v) is 19.9. The van der Waals surface area contributed by atoms with Gasteiger partial charge in [-0.25, -0.2) is 9.66 Å². The average Bonchev–Trinajstić information content (AvgIpc) is 3.45. The van der Waals surface area contributed by atoms with Gasteiger partial charge >= 0.3 is 0 Å². The summed E-state index contributed by atoms with van der Waals surface area (Å²) in [5.41, 5.74) is 4.32. The number of methoxy groups -OCH3 is 1. The molecule has 10 nitrogen and oxygen atoms in total. The second-order valence-corrected chi connectivity index (χ2v) is 9.60. The van der Waals surface area contributed by atoms with Gasteiger partial charge in [-0.2, -0.15) is 0 Å². The van der Waals surface area contributed by atoms with Crippen LogP contribution in [0.15, 0.2) is 47.3 Å². The SMILES string of the molecule is COc1cc(C2SCC(=O)N2c2nnc(CNn3c(C)nc4ccccc4c3=O)s2)ccc1O. The van der Waals surface area contributed by atoms with Crippen molar-refractivity contribution >= 4 is 45.0 Å². The Balaban J connectivity index is 1.38. The predicted molar refractivity (Wildman–Crippen MR) is 131 cm³/mol. The van der Waals surface area contributed by atoms with Crippen molar-refractivity contribution in [2.45, 2.75) is 18.8 Å². The van der Waals surface area contributed by atoms with E-state index in [-0.39, 0.29) is 29.1 Å². The van der Waals surface area contributed by atoms with Crippen LogP contribution in [-0.2, 0) is 11.3 Å². The maximum Gasteiger partial charge on any atom is 0.279 e. The largest absolute Gasteiger partial charge is 0.504 e. The molecule has 4 aromatic rings. The number of carbonyl (C=O) groups excluding carboxylic acids is 1. The summed E-state index contributed by atoms with van der Waals surface area (Å²) in [5.74, 6) is 1.12. The predicted octanol–water partition coefficient (Wildman–Crippen LogP) is 2.79. The molecule has 2 N–H and O–H groups in total. The second-order valence-electron chi connectivity index (χ2n) is 7.49. The molecular weight excluding hydrogens is 476 g/mol. The Morgan fingerprint density at radius 2 is 2.03 bits per heavy atom. The van der Waals surface area contributed by atoms with E-state index in [4.69, 9.17) is 4.74 Å². The minimum Gasteiger partial charge on any atom is -0.504 e. The number of phenolic OH excluding ortho intramolecular Hbond substituents is 1. The second kappa shape index (κ2) is 8.95. The molecule has 174 valence electrons. The van der Waals surface area contributed by atoms with E-state index in [0.29, 0.717) is 38.4 Å². The first kappa shape index (κ1) is 22.2. The Morgan fingerprint density at radius 1 is 1.21 bits per heavy atom. The summed E-state index contributed by atoms with van der Waals surface area (Å²) >= 11 is 2.74. The van der Waals surface area contributed by atoms with Gasteiger partial charge in [0.2, 0.25) is 11.0 Å². The van der Waals surface area contributed by atoms with Gasteiger partial charge in [-0.1, -0.05) is 29.5 Å². The zero-order valence-electron chi connectivity index (χ0n) is 18.3. The number of hydrogen-bond donors (Lipinski definition) is 2. The van der Waals surface area contributed by atoms with Gasteiger partial charge < -0.3 is 15.3 Å². The lowest BCUT2D eigenvalue weighted by atomic mass is 10.2. The number of aryl methyl sites for hydroxylation is 1. The number of nitrogens with one attached hydrogen (secondary N) is 1. The number of nitrogens with zero attached hydrogens (tertiary/aromatic N) is 5. The number of anilines is 1. The number of para-hydroxylation sites is 1. The zero-order chi connectivity index (χ0) is 23.8. The first-order valence-electron chi connectivity index (χ1n) is 10.3. The minimum absolute atomic E-state index is 0.0325. The number of phenols is 1. The Hall–Kier alpha value is -3.64. The lowest BCUT2D eigenvalue weighted by molar-refractivity contribution is -0.115. The molecule has 1 unspecified atom stereocenters. The van der Waals surface area contributed by atoms with E-state index in [0.717, 1.165) is 5.56 Å². The number of benzene rings is 2. The number of rotatable bonds is 6. The molecule has 5 rings (SSSR count). The number of aromatic hydroxyl groups is 1. The summed E-state index contributed by atoms with van der Waals surface area (Å²) in [7, 11) is 1.48. The van der Waals surface area contributed by atoms with Gasteiger partial charge in [-0.05, 0) is 36.8 Å². The summed E-state index contributed by atoms with van der Waals surface area (Å²) in [4.78, 5) is 31.6. The monoisotopic (exact) mass is 496 g/mol. The van der Waals surface area contributed by atoms with Crippen molar-refractivity contribution in [1.29, 1.82) is 0 Å². The summed E-state index contributed by atoms with van der Waals surface area (Å²) < 4.78 is 6.60. The summed E-state index contributed by atoms with van der Waals surface area (Å²) in [6, 6.07) is 12.2. The number of aromatic nitrogens is 4. The molecule has 1 amide bonds. The highest BCUT2D eigenvalue weighted by Gasteiger charge is 2.36. The van der Waals surface area contributed by atoms with Crippen molar-refractivity contribution in [3.8, 4) is 11.5 Å². The molecule has 0 spiro atoms. The Kier molecular flexibility index (Phi) is 5.84. The molecule has 12 heteroatoms. The highest BCUT2D eigenvalue weighted by molar-refractivity contribution is 8.00. The van der Waals surface area contributed by atoms with Gasteiger partial charge in [0, 0.05) is 0 Å². The van der Waals surface area contributed by atoms with Crippen molar-refractivity contribution in [1.82, 2.24) is 19.9 Å². The van der Waals surface area contributed by atoms with Crippen molar-refractivity contribution < 1.29 is 14.6 Å². The van der Waals surface area contributed by atoms with Gasteiger partial charge in [0.25, 0.3) is 5.56 Å². The van der Waals surface area contributed by atoms with Crippen LogP contribution in [0.4, 0.5) is 5.13 Å². The third-order valence-corrected chi connectivity index (χ3v) is 7.49. The molecule has 0 saturated carbocycles. The van der Waals surface area contributed by atoms with Crippen LogP contribution in [0.1, 0.15) is 21.8 Å². The fourth-order valence-corrected chi connectivity index (χ4v) is 5.74. The molecule has 0 bridgehead atoms. The number of amides is 1. The van der Waals surface area contributed by atoms with Crippen LogP contribution < -0.4 is 20.6 Å². The maximum atomic E-state index is 12.8. The minimum atomic E-state index is -0.315. The van der Waals surface area contributed by atoms with Crippen molar-refractivity contribution in [2.24, 2.45) is 0 Å². The van der Waals surface area contributed by atoms with E-state index < -0.39 is 0 Å². The topological polar surface area (TPSA) is 122 Å². The first-order chi connectivity index (χ1) is 16.5. The lowest BCUT2D eigenvalue weighted by Crippen LogP contribution is -2.31. The first-order valence-corrected chi connectivity index (χ1v) is 12.2. The van der Waals surface area contributed by atoms with Crippen LogP contribution >= 0.6 is 23.1 Å². The van der Waals surface area contributed by atoms with Gasteiger partial charge in [0.1, 0.15) is 16.2 Å². The van der Waals surface area contributed by atoms with Crippen LogP contribution in [-0.4, -0.2) is 43.7 Å². The van der Waals surface area contributed by atoms with Crippen LogP contribution in [0.2, 0.25) is 0 Å². The highest BCUT2D eigenvalue weighted by atomic mass is 32.2. The fraction of sp³-hybridized carbons (Fsp3) is 0.227.